The van der Waals surface area contributed by atoms with E-state index in [4.69, 9.17) is 0 Å². The van der Waals surface area contributed by atoms with Gasteiger partial charge in [0.25, 0.3) is 0 Å². The van der Waals surface area contributed by atoms with E-state index in [1.807, 2.05) is 6.92 Å². The molecule has 1 rings (SSSR count). The second kappa shape index (κ2) is 4.41. The van der Waals surface area contributed by atoms with Crippen LogP contribution in [0.15, 0.2) is 17.0 Å². The van der Waals surface area contributed by atoms with Gasteiger partial charge in [0, 0.05) is 4.90 Å². The summed E-state index contributed by atoms with van der Waals surface area (Å²) in [5.41, 5.74) is 0. The van der Waals surface area contributed by atoms with Gasteiger partial charge in [-0.2, -0.15) is 0 Å². The van der Waals surface area contributed by atoms with Crippen LogP contribution in [0.4, 0.5) is 8.78 Å². The van der Waals surface area contributed by atoms with E-state index in [0.717, 1.165) is 5.75 Å². The largest absolute Gasteiger partial charge is 0.203 e. The molecule has 0 aromatic heterocycles. The first kappa shape index (κ1) is 10.2. The van der Waals surface area contributed by atoms with E-state index in [-0.39, 0.29) is 0 Å². The van der Waals surface area contributed by atoms with Crippen LogP contribution in [-0.2, 0) is 0 Å². The molecule has 0 N–H and O–H groups in total. The molecular formula is C8H7F2IS. The molecule has 0 unspecified atom stereocenters. The molecule has 66 valence electrons. The van der Waals surface area contributed by atoms with Crippen molar-refractivity contribution in [2.75, 3.05) is 5.75 Å². The minimum absolute atomic E-state index is 0.325. The number of rotatable bonds is 2. The van der Waals surface area contributed by atoms with E-state index in [1.54, 1.807) is 34.7 Å². The molecule has 4 heteroatoms. The number of benzene rings is 1. The van der Waals surface area contributed by atoms with Crippen LogP contribution < -0.4 is 0 Å². The van der Waals surface area contributed by atoms with E-state index >= 15 is 0 Å². The fourth-order valence-corrected chi connectivity index (χ4v) is 1.88. The zero-order valence-electron chi connectivity index (χ0n) is 6.40. The Morgan fingerprint density at radius 2 is 2.00 bits per heavy atom. The molecule has 12 heavy (non-hydrogen) atoms. The number of hydrogen-bond acceptors (Lipinski definition) is 1. The molecule has 0 amide bonds. The van der Waals surface area contributed by atoms with Gasteiger partial charge in [0.15, 0.2) is 11.6 Å². The fraction of sp³-hybridized carbons (Fsp3) is 0.250. The molecule has 0 aliphatic carbocycles. The van der Waals surface area contributed by atoms with Gasteiger partial charge in [-0.15, -0.1) is 11.8 Å². The lowest BCUT2D eigenvalue weighted by atomic mass is 10.3. The van der Waals surface area contributed by atoms with Crippen LogP contribution >= 0.6 is 34.4 Å². The van der Waals surface area contributed by atoms with E-state index in [1.165, 1.54) is 11.8 Å². The van der Waals surface area contributed by atoms with Gasteiger partial charge < -0.3 is 0 Å². The van der Waals surface area contributed by atoms with Crippen molar-refractivity contribution in [1.82, 2.24) is 0 Å². The average molecular weight is 300 g/mol. The van der Waals surface area contributed by atoms with Crippen molar-refractivity contribution in [2.24, 2.45) is 0 Å². The molecule has 0 aliphatic rings. The Kier molecular flexibility index (Phi) is 3.77. The van der Waals surface area contributed by atoms with Crippen molar-refractivity contribution in [1.29, 1.82) is 0 Å². The first-order chi connectivity index (χ1) is 5.66. The molecule has 0 bridgehead atoms. The summed E-state index contributed by atoms with van der Waals surface area (Å²) in [4.78, 5) is 0.385. The van der Waals surface area contributed by atoms with Crippen LogP contribution in [0.3, 0.4) is 0 Å². The van der Waals surface area contributed by atoms with Crippen LogP contribution in [0, 0.1) is 15.2 Å². The first-order valence-electron chi connectivity index (χ1n) is 3.43. The van der Waals surface area contributed by atoms with E-state index in [2.05, 4.69) is 0 Å². The summed E-state index contributed by atoms with van der Waals surface area (Å²) < 4.78 is 26.3. The van der Waals surface area contributed by atoms with Crippen LogP contribution in [-0.4, -0.2) is 5.75 Å². The van der Waals surface area contributed by atoms with Gasteiger partial charge in [-0.3, -0.25) is 0 Å². The molecule has 1 aromatic carbocycles. The highest BCUT2D eigenvalue weighted by Crippen LogP contribution is 2.25. The molecule has 0 spiro atoms. The number of thioether (sulfide) groups is 1. The summed E-state index contributed by atoms with van der Waals surface area (Å²) >= 11 is 3.08. The highest BCUT2D eigenvalue weighted by Gasteiger charge is 2.10. The summed E-state index contributed by atoms with van der Waals surface area (Å²) in [6.07, 6.45) is 0. The summed E-state index contributed by atoms with van der Waals surface area (Å²) in [7, 11) is 0. The number of hydrogen-bond donors (Lipinski definition) is 0. The normalized spacial score (nSPS) is 10.3. The van der Waals surface area contributed by atoms with Crippen molar-refractivity contribution >= 4 is 34.4 Å². The molecule has 0 fully saturated rings. The summed E-state index contributed by atoms with van der Waals surface area (Å²) in [6.45, 7) is 1.90. The maximum Gasteiger partial charge on any atom is 0.173 e. The van der Waals surface area contributed by atoms with Crippen molar-refractivity contribution < 1.29 is 8.78 Å². The van der Waals surface area contributed by atoms with Gasteiger partial charge in [-0.05, 0) is 40.5 Å². The highest BCUT2D eigenvalue weighted by molar-refractivity contribution is 14.1. The monoisotopic (exact) mass is 300 g/mol. The van der Waals surface area contributed by atoms with Gasteiger partial charge in [0.2, 0.25) is 0 Å². The van der Waals surface area contributed by atoms with E-state index in [0.29, 0.717) is 8.47 Å². The molecule has 0 atom stereocenters. The third-order valence-electron chi connectivity index (χ3n) is 1.30. The number of halogens is 3. The molecule has 0 aliphatic heterocycles. The predicted molar refractivity (Wildman–Crippen MR) is 55.5 cm³/mol. The quantitative estimate of drug-likeness (QED) is 0.456. The predicted octanol–water partition coefficient (Wildman–Crippen LogP) is 3.68. The molecule has 0 saturated carbocycles. The van der Waals surface area contributed by atoms with E-state index < -0.39 is 11.6 Å². The average Bonchev–Trinajstić information content (AvgIpc) is 2.07. The Labute approximate surface area is 87.9 Å². The Morgan fingerprint density at radius 3 is 2.58 bits per heavy atom. The molecule has 0 radical (unpaired) electrons. The fourth-order valence-electron chi connectivity index (χ4n) is 0.775. The third-order valence-corrected chi connectivity index (χ3v) is 3.05. The SMILES string of the molecule is CCSc1ccc(I)c(F)c1F. The summed E-state index contributed by atoms with van der Waals surface area (Å²) in [5, 5.41) is 0. The standard InChI is InChI=1S/C8H7F2IS/c1-2-12-6-4-3-5(11)7(9)8(6)10/h3-4H,2H2,1H3. The molecule has 0 saturated heterocycles. The Bertz CT molecular complexity index is 289. The van der Waals surface area contributed by atoms with E-state index in [9.17, 15) is 8.78 Å². The second-order valence-corrected chi connectivity index (χ2v) is 4.57. The van der Waals surface area contributed by atoms with Crippen molar-refractivity contribution in [3.63, 3.8) is 0 Å². The van der Waals surface area contributed by atoms with Crippen LogP contribution in [0.5, 0.6) is 0 Å². The Morgan fingerprint density at radius 1 is 1.33 bits per heavy atom. The van der Waals surface area contributed by atoms with Crippen molar-refractivity contribution in [2.45, 2.75) is 11.8 Å². The molecule has 0 heterocycles. The van der Waals surface area contributed by atoms with Crippen molar-refractivity contribution in [3.8, 4) is 0 Å². The zero-order chi connectivity index (χ0) is 9.14. The van der Waals surface area contributed by atoms with Gasteiger partial charge in [-0.25, -0.2) is 8.78 Å². The lowest BCUT2D eigenvalue weighted by Gasteiger charge is -2.02. The molecule has 0 nitrogen and oxygen atoms in total. The second-order valence-electron chi connectivity index (χ2n) is 2.11. The minimum atomic E-state index is -0.742. The van der Waals surface area contributed by atoms with Crippen molar-refractivity contribution in [3.05, 3.63) is 27.3 Å². The van der Waals surface area contributed by atoms with Gasteiger partial charge in [0.05, 0.1) is 3.57 Å². The maximum absolute atomic E-state index is 13.0. The van der Waals surface area contributed by atoms with Crippen LogP contribution in [0.25, 0.3) is 0 Å². The van der Waals surface area contributed by atoms with Crippen LogP contribution in [0.1, 0.15) is 6.92 Å². The molecule has 1 aromatic rings. The Balaban J connectivity index is 3.08. The zero-order valence-corrected chi connectivity index (χ0v) is 9.38. The van der Waals surface area contributed by atoms with Gasteiger partial charge in [-0.1, -0.05) is 6.92 Å². The minimum Gasteiger partial charge on any atom is -0.203 e. The molecular weight excluding hydrogens is 293 g/mol. The topological polar surface area (TPSA) is 0 Å². The van der Waals surface area contributed by atoms with Gasteiger partial charge >= 0.3 is 0 Å². The van der Waals surface area contributed by atoms with Gasteiger partial charge in [0.1, 0.15) is 0 Å². The first-order valence-corrected chi connectivity index (χ1v) is 5.49. The maximum atomic E-state index is 13.0. The summed E-state index contributed by atoms with van der Waals surface area (Å²) in [6, 6.07) is 3.19. The highest BCUT2D eigenvalue weighted by atomic mass is 127. The smallest absolute Gasteiger partial charge is 0.173 e. The van der Waals surface area contributed by atoms with Crippen LogP contribution in [0.2, 0.25) is 0 Å². The lowest BCUT2D eigenvalue weighted by molar-refractivity contribution is 0.487. The third kappa shape index (κ3) is 2.10. The Hall–Kier alpha value is 0.160. The lowest BCUT2D eigenvalue weighted by Crippen LogP contribution is -1.91. The summed E-state index contributed by atoms with van der Waals surface area (Å²) in [5.74, 6) is -0.723.